The first kappa shape index (κ1) is 11.7. The van der Waals surface area contributed by atoms with E-state index in [1.54, 1.807) is 0 Å². The average Bonchev–Trinajstić information content (AvgIpc) is 2.48. The fourth-order valence-corrected chi connectivity index (χ4v) is 2.36. The Labute approximate surface area is 107 Å². The van der Waals surface area contributed by atoms with Crippen molar-refractivity contribution in [1.29, 1.82) is 0 Å². The van der Waals surface area contributed by atoms with Crippen LogP contribution in [0.25, 0.3) is 0 Å². The number of fused-ring (bicyclic) bond motifs is 2. The van der Waals surface area contributed by atoms with Gasteiger partial charge in [-0.15, -0.1) is 0 Å². The molecule has 98 valence electrons. The fourth-order valence-electron chi connectivity index (χ4n) is 2.36. The minimum Gasteiger partial charge on any atom is -0.489 e. The Hall–Kier alpha value is -1.42. The summed E-state index contributed by atoms with van der Waals surface area (Å²) in [5, 5.41) is 3.39. The summed E-state index contributed by atoms with van der Waals surface area (Å²) in [6.07, 6.45) is 1.21. The van der Waals surface area contributed by atoms with Crippen LogP contribution in [0.2, 0.25) is 0 Å². The molecule has 0 radical (unpaired) electrons. The molecule has 4 heteroatoms. The van der Waals surface area contributed by atoms with E-state index < -0.39 is 5.79 Å². The molecule has 3 rings (SSSR count). The van der Waals surface area contributed by atoms with Gasteiger partial charge in [-0.2, -0.15) is 0 Å². The number of hydrogen-bond acceptors (Lipinski definition) is 4. The minimum absolute atomic E-state index is 0.222. The predicted molar refractivity (Wildman–Crippen MR) is 68.2 cm³/mol. The highest BCUT2D eigenvalue weighted by Crippen LogP contribution is 2.43. The van der Waals surface area contributed by atoms with E-state index in [0.29, 0.717) is 0 Å². The standard InChI is InChI=1S/C14H19NO3/c1-4-10-8-15-7-9-5-12-13(6-11(9)16-10)18-14(2,3)17-12/h5-6,10,15H,4,7-8H2,1-3H3/t10-/m1/s1. The molecule has 1 N–H and O–H groups in total. The largest absolute Gasteiger partial charge is 0.489 e. The zero-order chi connectivity index (χ0) is 12.8. The topological polar surface area (TPSA) is 39.7 Å². The summed E-state index contributed by atoms with van der Waals surface area (Å²) < 4.78 is 17.5. The molecule has 0 bridgehead atoms. The maximum atomic E-state index is 6.00. The van der Waals surface area contributed by atoms with Crippen molar-refractivity contribution in [3.8, 4) is 17.2 Å². The van der Waals surface area contributed by atoms with E-state index in [2.05, 4.69) is 12.2 Å². The normalized spacial score (nSPS) is 24.1. The van der Waals surface area contributed by atoms with Gasteiger partial charge in [0.25, 0.3) is 0 Å². The number of nitrogens with one attached hydrogen (secondary N) is 1. The Morgan fingerprint density at radius 1 is 1.22 bits per heavy atom. The number of hydrogen-bond donors (Lipinski definition) is 1. The Balaban J connectivity index is 1.95. The Kier molecular flexibility index (Phi) is 2.63. The van der Waals surface area contributed by atoms with Gasteiger partial charge in [0, 0.05) is 38.6 Å². The smallest absolute Gasteiger partial charge is 0.246 e. The maximum Gasteiger partial charge on any atom is 0.246 e. The summed E-state index contributed by atoms with van der Waals surface area (Å²) in [6.45, 7) is 7.64. The molecule has 1 aromatic rings. The van der Waals surface area contributed by atoms with E-state index in [4.69, 9.17) is 14.2 Å². The lowest BCUT2D eigenvalue weighted by molar-refractivity contribution is -0.0432. The Bertz CT molecular complexity index is 470. The van der Waals surface area contributed by atoms with Crippen molar-refractivity contribution >= 4 is 0 Å². The fraction of sp³-hybridized carbons (Fsp3) is 0.571. The molecule has 4 nitrogen and oxygen atoms in total. The van der Waals surface area contributed by atoms with Crippen molar-refractivity contribution in [1.82, 2.24) is 5.32 Å². The highest BCUT2D eigenvalue weighted by Gasteiger charge is 2.33. The average molecular weight is 249 g/mol. The van der Waals surface area contributed by atoms with E-state index in [-0.39, 0.29) is 6.10 Å². The number of rotatable bonds is 1. The molecule has 0 unspecified atom stereocenters. The van der Waals surface area contributed by atoms with Crippen LogP contribution in [-0.2, 0) is 6.54 Å². The van der Waals surface area contributed by atoms with Crippen molar-refractivity contribution in [2.24, 2.45) is 0 Å². The van der Waals surface area contributed by atoms with Gasteiger partial charge >= 0.3 is 0 Å². The molecule has 0 amide bonds. The zero-order valence-corrected chi connectivity index (χ0v) is 11.1. The number of benzene rings is 1. The lowest BCUT2D eigenvalue weighted by atomic mass is 10.2. The van der Waals surface area contributed by atoms with E-state index >= 15 is 0 Å². The third-order valence-corrected chi connectivity index (χ3v) is 3.27. The molecule has 0 fully saturated rings. The zero-order valence-electron chi connectivity index (χ0n) is 11.1. The van der Waals surface area contributed by atoms with Crippen LogP contribution in [0, 0.1) is 0 Å². The van der Waals surface area contributed by atoms with Crippen LogP contribution in [0.5, 0.6) is 17.2 Å². The molecule has 0 aliphatic carbocycles. The van der Waals surface area contributed by atoms with Gasteiger partial charge in [0.2, 0.25) is 5.79 Å². The van der Waals surface area contributed by atoms with Crippen LogP contribution in [0.3, 0.4) is 0 Å². The van der Waals surface area contributed by atoms with E-state index in [9.17, 15) is 0 Å². The second-order valence-electron chi connectivity index (χ2n) is 5.29. The highest BCUT2D eigenvalue weighted by atomic mass is 16.7. The summed E-state index contributed by atoms with van der Waals surface area (Å²) in [7, 11) is 0. The lowest BCUT2D eigenvalue weighted by Gasteiger charge is -2.16. The predicted octanol–water partition coefficient (Wildman–Crippen LogP) is 2.45. The van der Waals surface area contributed by atoms with Gasteiger partial charge in [-0.1, -0.05) is 6.92 Å². The first-order valence-corrected chi connectivity index (χ1v) is 6.50. The molecule has 0 saturated carbocycles. The summed E-state index contributed by atoms with van der Waals surface area (Å²) in [4.78, 5) is 0. The van der Waals surface area contributed by atoms with Crippen LogP contribution in [0.15, 0.2) is 12.1 Å². The third-order valence-electron chi connectivity index (χ3n) is 3.27. The molecular formula is C14H19NO3. The van der Waals surface area contributed by atoms with Gasteiger partial charge in [-0.25, -0.2) is 0 Å². The van der Waals surface area contributed by atoms with E-state index in [1.807, 2.05) is 26.0 Å². The van der Waals surface area contributed by atoms with Gasteiger partial charge < -0.3 is 19.5 Å². The van der Waals surface area contributed by atoms with Crippen LogP contribution in [0.1, 0.15) is 32.8 Å². The van der Waals surface area contributed by atoms with E-state index in [0.717, 1.165) is 42.3 Å². The molecule has 1 aromatic carbocycles. The SMILES string of the molecule is CC[C@@H]1CNCc2cc3c(cc2O1)OC(C)(C)O3. The monoisotopic (exact) mass is 249 g/mol. The second-order valence-corrected chi connectivity index (χ2v) is 5.29. The van der Waals surface area contributed by atoms with Crippen LogP contribution in [0.4, 0.5) is 0 Å². The van der Waals surface area contributed by atoms with Gasteiger partial charge in [0.15, 0.2) is 11.5 Å². The van der Waals surface area contributed by atoms with Gasteiger partial charge in [0.05, 0.1) is 0 Å². The van der Waals surface area contributed by atoms with Gasteiger partial charge in [-0.3, -0.25) is 0 Å². The molecule has 2 aliphatic rings. The van der Waals surface area contributed by atoms with Crippen LogP contribution in [-0.4, -0.2) is 18.4 Å². The minimum atomic E-state index is -0.583. The first-order chi connectivity index (χ1) is 8.57. The van der Waals surface area contributed by atoms with Crippen molar-refractivity contribution in [3.05, 3.63) is 17.7 Å². The molecule has 0 aromatic heterocycles. The summed E-state index contributed by atoms with van der Waals surface area (Å²) in [5.41, 5.74) is 1.13. The molecule has 2 aliphatic heterocycles. The molecule has 0 spiro atoms. The van der Waals surface area contributed by atoms with E-state index in [1.165, 1.54) is 0 Å². The quantitative estimate of drug-likeness (QED) is 0.830. The van der Waals surface area contributed by atoms with Crippen molar-refractivity contribution in [3.63, 3.8) is 0 Å². The molecule has 18 heavy (non-hydrogen) atoms. The first-order valence-electron chi connectivity index (χ1n) is 6.50. The van der Waals surface area contributed by atoms with Gasteiger partial charge in [-0.05, 0) is 12.5 Å². The van der Waals surface area contributed by atoms with Crippen molar-refractivity contribution in [2.75, 3.05) is 6.54 Å². The second kappa shape index (κ2) is 4.05. The molecule has 0 saturated heterocycles. The highest BCUT2D eigenvalue weighted by molar-refractivity contribution is 5.52. The Morgan fingerprint density at radius 2 is 1.94 bits per heavy atom. The van der Waals surface area contributed by atoms with Gasteiger partial charge in [0.1, 0.15) is 11.9 Å². The lowest BCUT2D eigenvalue weighted by Crippen LogP contribution is -2.29. The third kappa shape index (κ3) is 2.01. The molecule has 2 heterocycles. The molecular weight excluding hydrogens is 230 g/mol. The van der Waals surface area contributed by atoms with Crippen LogP contribution < -0.4 is 19.5 Å². The van der Waals surface area contributed by atoms with Crippen molar-refractivity contribution < 1.29 is 14.2 Å². The molecule has 1 atom stereocenters. The maximum absolute atomic E-state index is 6.00. The summed E-state index contributed by atoms with van der Waals surface area (Å²) in [6, 6.07) is 3.97. The Morgan fingerprint density at radius 3 is 2.67 bits per heavy atom. The number of ether oxygens (including phenoxy) is 3. The van der Waals surface area contributed by atoms with Crippen LogP contribution >= 0.6 is 0 Å². The summed E-state index contributed by atoms with van der Waals surface area (Å²) in [5.74, 6) is 1.90. The summed E-state index contributed by atoms with van der Waals surface area (Å²) >= 11 is 0. The van der Waals surface area contributed by atoms with Crippen molar-refractivity contribution in [2.45, 2.75) is 45.6 Å².